The van der Waals surface area contributed by atoms with Crippen LogP contribution in [0, 0.1) is 0 Å². The van der Waals surface area contributed by atoms with E-state index in [9.17, 15) is 0 Å². The molecule has 1 nitrogen and oxygen atoms in total. The van der Waals surface area contributed by atoms with Gasteiger partial charge in [-0.1, -0.05) is 0 Å². The molecule has 0 atom stereocenters. The Hall–Kier alpha value is 3.04. The minimum atomic E-state index is 0. The van der Waals surface area contributed by atoms with Gasteiger partial charge in [-0.25, -0.2) is 0 Å². The molecule has 17 valence electrons. The maximum Gasteiger partial charge on any atom is 0 e. The molecule has 0 aliphatic rings. The smallest absolute Gasteiger partial charge is 0 e. The summed E-state index contributed by atoms with van der Waals surface area (Å²) in [6.45, 7) is 0. The van der Waals surface area contributed by atoms with Crippen LogP contribution in [0.1, 0.15) is 0 Å². The van der Waals surface area contributed by atoms with E-state index < -0.39 is 0 Å². The fourth-order valence-electron chi connectivity index (χ4n) is 0. The van der Waals surface area contributed by atoms with Gasteiger partial charge in [0.1, 0.15) is 0 Å². The fraction of sp³-hybridized carbons (Fsp3) is 0. The van der Waals surface area contributed by atoms with E-state index in [-0.39, 0.29) is 99.8 Å². The Kier molecular flexibility index (Phi) is 115. The molecular formula is H2BaMgNbO. The summed E-state index contributed by atoms with van der Waals surface area (Å²) in [5.41, 5.74) is 0. The Balaban J connectivity index is 0. The first-order valence-electron chi connectivity index (χ1n) is 0. The third-order valence-corrected chi connectivity index (χ3v) is 0. The van der Waals surface area contributed by atoms with E-state index >= 15 is 0 Å². The van der Waals surface area contributed by atoms with Gasteiger partial charge in [0, 0.05) is 94.3 Å². The van der Waals surface area contributed by atoms with Crippen LogP contribution < -0.4 is 0 Å². The van der Waals surface area contributed by atoms with Gasteiger partial charge in [0.2, 0.25) is 0 Å². The minimum absolute atomic E-state index is 0. The molecule has 0 rings (SSSR count). The first-order valence-corrected chi connectivity index (χ1v) is 0. The Bertz CT molecular complexity index is 8.00. The first kappa shape index (κ1) is 27.8. The summed E-state index contributed by atoms with van der Waals surface area (Å²) in [5, 5.41) is 0. The molecule has 0 saturated heterocycles. The molecule has 0 fully saturated rings. The zero-order chi connectivity index (χ0) is 0. The summed E-state index contributed by atoms with van der Waals surface area (Å²) in [6.07, 6.45) is 0. The molecule has 0 unspecified atom stereocenters. The molecule has 0 bridgehead atoms. The van der Waals surface area contributed by atoms with Gasteiger partial charge in [0.25, 0.3) is 0 Å². The fourth-order valence-corrected chi connectivity index (χ4v) is 0. The van der Waals surface area contributed by atoms with E-state index in [0.717, 1.165) is 0 Å². The largest absolute Gasteiger partial charge is 0.412 e. The molecule has 0 spiro atoms. The van der Waals surface area contributed by atoms with Crippen LogP contribution in [0.15, 0.2) is 0 Å². The molecule has 0 amide bonds. The molecule has 5 radical (unpaired) electrons. The number of rotatable bonds is 0. The van der Waals surface area contributed by atoms with Crippen LogP contribution in [0.3, 0.4) is 0 Å². The summed E-state index contributed by atoms with van der Waals surface area (Å²) in [6, 6.07) is 0. The van der Waals surface area contributed by atoms with Crippen molar-refractivity contribution in [2.24, 2.45) is 0 Å². The van der Waals surface area contributed by atoms with Crippen molar-refractivity contribution in [3.8, 4) is 0 Å². The van der Waals surface area contributed by atoms with E-state index in [1.54, 1.807) is 0 Å². The summed E-state index contributed by atoms with van der Waals surface area (Å²) in [7, 11) is 0. The number of hydrogen-bond donors (Lipinski definition) is 0. The molecule has 4 heteroatoms. The molecule has 2 N–H and O–H groups in total. The summed E-state index contributed by atoms with van der Waals surface area (Å²) < 4.78 is 0. The van der Waals surface area contributed by atoms with Gasteiger partial charge in [0.15, 0.2) is 0 Å². The van der Waals surface area contributed by atoms with E-state index in [0.29, 0.717) is 0 Å². The quantitative estimate of drug-likeness (QED) is 0.476. The number of hydrogen-bond acceptors (Lipinski definition) is 0. The van der Waals surface area contributed by atoms with Gasteiger partial charge in [-0.3, -0.25) is 0 Å². The van der Waals surface area contributed by atoms with Gasteiger partial charge in [-0.2, -0.15) is 0 Å². The predicted molar refractivity (Wildman–Crippen MR) is 15.1 cm³/mol. The molecular weight excluding hydrogens is 271 g/mol. The van der Waals surface area contributed by atoms with E-state index in [2.05, 4.69) is 0 Å². The Morgan fingerprint density at radius 1 is 1.00 bits per heavy atom. The van der Waals surface area contributed by atoms with Gasteiger partial charge in [-0.15, -0.1) is 0 Å². The third kappa shape index (κ3) is 8.90. The second-order valence-electron chi connectivity index (χ2n) is 0. The Labute approximate surface area is 97.3 Å². The van der Waals surface area contributed by atoms with Crippen molar-refractivity contribution in [1.29, 1.82) is 0 Å². The predicted octanol–water partition coefficient (Wildman–Crippen LogP) is -1.59. The standard InChI is InChI=1S/Ba.Mg.Nb.H2O/h;;;1H2. The van der Waals surface area contributed by atoms with Crippen LogP contribution >= 0.6 is 0 Å². The Morgan fingerprint density at radius 2 is 1.00 bits per heavy atom. The maximum absolute atomic E-state index is 0. The average Bonchev–Trinajstić information content (AvgIpc) is 0. The Morgan fingerprint density at radius 3 is 1.00 bits per heavy atom. The van der Waals surface area contributed by atoms with Crippen LogP contribution in [-0.4, -0.2) is 77.4 Å². The van der Waals surface area contributed by atoms with Crippen molar-refractivity contribution < 1.29 is 27.9 Å². The second-order valence-corrected chi connectivity index (χ2v) is 0. The van der Waals surface area contributed by atoms with Gasteiger partial charge >= 0.3 is 0 Å². The van der Waals surface area contributed by atoms with Gasteiger partial charge < -0.3 is 5.48 Å². The van der Waals surface area contributed by atoms with Gasteiger partial charge in [-0.05, 0) is 0 Å². The molecule has 0 aromatic carbocycles. The summed E-state index contributed by atoms with van der Waals surface area (Å²) in [4.78, 5) is 0. The molecule has 4 heavy (non-hydrogen) atoms. The van der Waals surface area contributed by atoms with Crippen molar-refractivity contribution in [2.75, 3.05) is 0 Å². The minimum Gasteiger partial charge on any atom is -0.412 e. The van der Waals surface area contributed by atoms with E-state index in [1.165, 1.54) is 0 Å². The SMILES string of the molecule is O.[Ba].[Mg].[Nb]. The monoisotopic (exact) mass is 273 g/mol. The van der Waals surface area contributed by atoms with Gasteiger partial charge in [0.05, 0.1) is 0 Å². The first-order chi connectivity index (χ1) is 0. The van der Waals surface area contributed by atoms with Crippen molar-refractivity contribution in [3.63, 3.8) is 0 Å². The van der Waals surface area contributed by atoms with Crippen molar-refractivity contribution >= 4 is 71.9 Å². The van der Waals surface area contributed by atoms with Crippen molar-refractivity contribution in [1.82, 2.24) is 0 Å². The van der Waals surface area contributed by atoms with Crippen LogP contribution in [0.5, 0.6) is 0 Å². The van der Waals surface area contributed by atoms with Crippen molar-refractivity contribution in [2.45, 2.75) is 0 Å². The summed E-state index contributed by atoms with van der Waals surface area (Å²) in [5.74, 6) is 0. The molecule has 0 heterocycles. The normalized spacial score (nSPS) is 0. The summed E-state index contributed by atoms with van der Waals surface area (Å²) >= 11 is 0. The van der Waals surface area contributed by atoms with Crippen LogP contribution in [-0.2, 0) is 22.4 Å². The maximum atomic E-state index is 0. The van der Waals surface area contributed by atoms with Crippen LogP contribution in [0.2, 0.25) is 0 Å². The zero-order valence-electron chi connectivity index (χ0n) is 2.36. The molecule has 0 aliphatic heterocycles. The van der Waals surface area contributed by atoms with Crippen molar-refractivity contribution in [3.05, 3.63) is 0 Å². The molecule has 0 saturated carbocycles. The van der Waals surface area contributed by atoms with E-state index in [4.69, 9.17) is 0 Å². The second kappa shape index (κ2) is 16.6. The topological polar surface area (TPSA) is 31.5 Å². The molecule has 0 aliphatic carbocycles. The van der Waals surface area contributed by atoms with Crippen LogP contribution in [0.25, 0.3) is 0 Å². The molecule has 0 aromatic rings. The zero-order valence-corrected chi connectivity index (χ0v) is 10.4. The third-order valence-electron chi connectivity index (χ3n) is 0. The van der Waals surface area contributed by atoms with Crippen LogP contribution in [0.4, 0.5) is 0 Å². The molecule has 0 aromatic heterocycles. The average molecular weight is 273 g/mol. The van der Waals surface area contributed by atoms with E-state index in [1.807, 2.05) is 0 Å².